The number of H-pyrrole nitrogens is 1. The Hall–Kier alpha value is -2.87. The van der Waals surface area contributed by atoms with Crippen LogP contribution in [0.3, 0.4) is 0 Å². The lowest BCUT2D eigenvalue weighted by Crippen LogP contribution is -2.38. The Morgan fingerprint density at radius 1 is 1.28 bits per heavy atom. The van der Waals surface area contributed by atoms with Crippen LogP contribution in [0, 0.1) is 6.92 Å². The number of anilines is 1. The highest BCUT2D eigenvalue weighted by Gasteiger charge is 2.23. The van der Waals surface area contributed by atoms with Gasteiger partial charge >= 0.3 is 0 Å². The number of carbonyl (C=O) groups excluding carboxylic acids is 1. The zero-order valence-corrected chi connectivity index (χ0v) is 16.6. The van der Waals surface area contributed by atoms with Gasteiger partial charge in [0.2, 0.25) is 11.9 Å². The number of fused-ring (bicyclic) bond motifs is 1. The van der Waals surface area contributed by atoms with Crippen molar-refractivity contribution in [2.45, 2.75) is 32.2 Å². The molecule has 1 aromatic carbocycles. The summed E-state index contributed by atoms with van der Waals surface area (Å²) in [6.07, 6.45) is 1.33. The summed E-state index contributed by atoms with van der Waals surface area (Å²) >= 11 is 0. The highest BCUT2D eigenvalue weighted by Crippen LogP contribution is 2.31. The van der Waals surface area contributed by atoms with Crippen molar-refractivity contribution < 1.29 is 14.3 Å². The van der Waals surface area contributed by atoms with Crippen LogP contribution >= 0.6 is 0 Å². The Bertz CT molecular complexity index is 937. The number of ether oxygens (including phenoxy) is 2. The summed E-state index contributed by atoms with van der Waals surface area (Å²) < 4.78 is 11.0. The molecule has 8 heteroatoms. The Kier molecular flexibility index (Phi) is 5.80. The molecule has 2 N–H and O–H groups in total. The Labute approximate surface area is 169 Å². The van der Waals surface area contributed by atoms with Crippen molar-refractivity contribution in [1.82, 2.24) is 15.3 Å². The molecule has 1 unspecified atom stereocenters. The minimum Gasteiger partial charge on any atom is -0.493 e. The third kappa shape index (κ3) is 4.42. The van der Waals surface area contributed by atoms with E-state index in [1.54, 1.807) is 0 Å². The zero-order valence-electron chi connectivity index (χ0n) is 16.6. The molecule has 2 aromatic rings. The Morgan fingerprint density at radius 2 is 2.07 bits per heavy atom. The van der Waals surface area contributed by atoms with Crippen molar-refractivity contribution >= 4 is 11.9 Å². The fourth-order valence-corrected chi connectivity index (χ4v) is 3.81. The SMILES string of the molecule is Cc1nc(N2CCOCC2)[nH]c(=O)c1CCC(=O)NC1CCOc2ccccc21. The van der Waals surface area contributed by atoms with Gasteiger partial charge in [0.1, 0.15) is 5.75 Å². The summed E-state index contributed by atoms with van der Waals surface area (Å²) in [5, 5.41) is 3.07. The number of hydrogen-bond donors (Lipinski definition) is 2. The molecule has 1 aromatic heterocycles. The second kappa shape index (κ2) is 8.65. The molecule has 2 aliphatic rings. The highest BCUT2D eigenvalue weighted by atomic mass is 16.5. The summed E-state index contributed by atoms with van der Waals surface area (Å²) in [4.78, 5) is 34.5. The molecular weight excluding hydrogens is 372 g/mol. The van der Waals surface area contributed by atoms with Crippen molar-refractivity contribution in [1.29, 1.82) is 0 Å². The van der Waals surface area contributed by atoms with Gasteiger partial charge in [-0.15, -0.1) is 0 Å². The third-order valence-corrected chi connectivity index (χ3v) is 5.42. The Morgan fingerprint density at radius 3 is 2.86 bits per heavy atom. The highest BCUT2D eigenvalue weighted by molar-refractivity contribution is 5.77. The molecule has 1 amide bonds. The van der Waals surface area contributed by atoms with E-state index in [2.05, 4.69) is 15.3 Å². The molecule has 1 saturated heterocycles. The molecule has 4 rings (SSSR count). The number of morpholine rings is 1. The van der Waals surface area contributed by atoms with E-state index in [-0.39, 0.29) is 23.9 Å². The lowest BCUT2D eigenvalue weighted by Gasteiger charge is -2.27. The molecule has 0 spiro atoms. The first-order chi connectivity index (χ1) is 14.1. The molecule has 1 atom stereocenters. The Balaban J connectivity index is 1.39. The van der Waals surface area contributed by atoms with Gasteiger partial charge in [0, 0.05) is 42.8 Å². The number of aryl methyl sites for hydroxylation is 1. The van der Waals surface area contributed by atoms with Crippen molar-refractivity contribution in [2.24, 2.45) is 0 Å². The molecule has 8 nitrogen and oxygen atoms in total. The fraction of sp³-hybridized carbons (Fsp3) is 0.476. The topological polar surface area (TPSA) is 96.6 Å². The van der Waals surface area contributed by atoms with E-state index in [1.807, 2.05) is 36.1 Å². The quantitative estimate of drug-likeness (QED) is 0.792. The predicted molar refractivity (Wildman–Crippen MR) is 108 cm³/mol. The van der Waals surface area contributed by atoms with E-state index in [0.29, 0.717) is 56.5 Å². The van der Waals surface area contributed by atoms with Crippen LogP contribution < -0.4 is 20.5 Å². The minimum atomic E-state index is -0.178. The standard InChI is InChI=1S/C21H26N4O4/c1-14-15(20(27)24-21(22-14)25-9-12-28-13-10-25)6-7-19(26)23-17-8-11-29-18-5-3-2-4-16(17)18/h2-5,17H,6-13H2,1H3,(H,23,26)(H,22,24,27). The van der Waals surface area contributed by atoms with E-state index in [0.717, 1.165) is 17.7 Å². The van der Waals surface area contributed by atoms with Gasteiger partial charge in [-0.1, -0.05) is 18.2 Å². The number of carbonyl (C=O) groups is 1. The van der Waals surface area contributed by atoms with Crippen LogP contribution in [0.25, 0.3) is 0 Å². The monoisotopic (exact) mass is 398 g/mol. The molecule has 0 radical (unpaired) electrons. The van der Waals surface area contributed by atoms with Crippen LogP contribution in [0.1, 0.15) is 35.7 Å². The molecule has 0 bridgehead atoms. The number of hydrogen-bond acceptors (Lipinski definition) is 6. The van der Waals surface area contributed by atoms with E-state index >= 15 is 0 Å². The summed E-state index contributed by atoms with van der Waals surface area (Å²) in [6, 6.07) is 7.69. The van der Waals surface area contributed by atoms with E-state index < -0.39 is 0 Å². The number of rotatable bonds is 5. The first-order valence-corrected chi connectivity index (χ1v) is 10.1. The molecule has 0 saturated carbocycles. The zero-order chi connectivity index (χ0) is 20.2. The maximum atomic E-state index is 12.6. The van der Waals surface area contributed by atoms with Gasteiger partial charge in [-0.25, -0.2) is 4.98 Å². The maximum Gasteiger partial charge on any atom is 0.255 e. The van der Waals surface area contributed by atoms with Crippen LogP contribution in [0.4, 0.5) is 5.95 Å². The van der Waals surface area contributed by atoms with Crippen LogP contribution in [0.5, 0.6) is 5.75 Å². The number of benzene rings is 1. The van der Waals surface area contributed by atoms with Crippen molar-refractivity contribution in [3.05, 3.63) is 51.4 Å². The van der Waals surface area contributed by atoms with Gasteiger partial charge < -0.3 is 19.7 Å². The predicted octanol–water partition coefficient (Wildman–Crippen LogP) is 1.49. The molecular formula is C21H26N4O4. The number of nitrogens with one attached hydrogen (secondary N) is 2. The van der Waals surface area contributed by atoms with Crippen molar-refractivity contribution in [3.8, 4) is 5.75 Å². The summed E-state index contributed by atoms with van der Waals surface area (Å²) in [5.41, 5.74) is 2.05. The average molecular weight is 398 g/mol. The molecule has 29 heavy (non-hydrogen) atoms. The number of para-hydroxylation sites is 1. The molecule has 3 heterocycles. The smallest absolute Gasteiger partial charge is 0.255 e. The fourth-order valence-electron chi connectivity index (χ4n) is 3.81. The lowest BCUT2D eigenvalue weighted by atomic mass is 10.00. The van der Waals surface area contributed by atoms with Crippen LogP contribution in [0.2, 0.25) is 0 Å². The number of nitrogens with zero attached hydrogens (tertiary/aromatic N) is 2. The number of amides is 1. The normalized spacial score (nSPS) is 18.7. The first kappa shape index (κ1) is 19.4. The van der Waals surface area contributed by atoms with E-state index in [9.17, 15) is 9.59 Å². The van der Waals surface area contributed by atoms with Gasteiger partial charge in [-0.3, -0.25) is 14.6 Å². The summed E-state index contributed by atoms with van der Waals surface area (Å²) in [5.74, 6) is 1.31. The van der Waals surface area contributed by atoms with Gasteiger partial charge in [0.15, 0.2) is 0 Å². The third-order valence-electron chi connectivity index (χ3n) is 5.42. The summed E-state index contributed by atoms with van der Waals surface area (Å²) in [6.45, 7) is 5.06. The summed E-state index contributed by atoms with van der Waals surface area (Å²) in [7, 11) is 0. The van der Waals surface area contributed by atoms with Gasteiger partial charge in [-0.2, -0.15) is 0 Å². The van der Waals surface area contributed by atoms with Crippen molar-refractivity contribution in [3.63, 3.8) is 0 Å². The number of aromatic nitrogens is 2. The molecule has 1 fully saturated rings. The van der Waals surface area contributed by atoms with E-state index in [4.69, 9.17) is 9.47 Å². The second-order valence-electron chi connectivity index (χ2n) is 7.35. The average Bonchev–Trinajstić information content (AvgIpc) is 2.74. The minimum absolute atomic E-state index is 0.0614. The van der Waals surface area contributed by atoms with Crippen LogP contribution in [-0.2, 0) is 16.0 Å². The molecule has 2 aliphatic heterocycles. The number of aromatic amines is 1. The van der Waals surface area contributed by atoms with Crippen LogP contribution in [-0.4, -0.2) is 48.8 Å². The van der Waals surface area contributed by atoms with Gasteiger partial charge in [0.25, 0.3) is 5.56 Å². The van der Waals surface area contributed by atoms with Crippen LogP contribution in [0.15, 0.2) is 29.1 Å². The second-order valence-corrected chi connectivity index (χ2v) is 7.35. The lowest BCUT2D eigenvalue weighted by molar-refractivity contribution is -0.122. The first-order valence-electron chi connectivity index (χ1n) is 10.1. The van der Waals surface area contributed by atoms with Gasteiger partial charge in [-0.05, 0) is 19.4 Å². The molecule has 154 valence electrons. The van der Waals surface area contributed by atoms with Crippen molar-refractivity contribution in [2.75, 3.05) is 37.8 Å². The van der Waals surface area contributed by atoms with E-state index in [1.165, 1.54) is 0 Å². The molecule has 0 aliphatic carbocycles. The maximum absolute atomic E-state index is 12.6. The largest absolute Gasteiger partial charge is 0.493 e. The van der Waals surface area contributed by atoms with Gasteiger partial charge in [0.05, 0.1) is 25.9 Å².